The van der Waals surface area contributed by atoms with Gasteiger partial charge in [0, 0.05) is 15.4 Å². The molecule has 0 aromatic heterocycles. The average molecular weight is 388 g/mol. The van der Waals surface area contributed by atoms with Crippen molar-refractivity contribution in [2.24, 2.45) is 0 Å². The van der Waals surface area contributed by atoms with Crippen molar-refractivity contribution in [3.05, 3.63) is 67.9 Å². The molecular formula is C15H13Br2FO. The minimum Gasteiger partial charge on any atom is -0.388 e. The van der Waals surface area contributed by atoms with E-state index in [-0.39, 0.29) is 12.2 Å². The SMILES string of the molecule is Cc1cc(C(O)Cc2cc(Br)ccc2F)ccc1Br. The van der Waals surface area contributed by atoms with Crippen LogP contribution in [-0.4, -0.2) is 5.11 Å². The summed E-state index contributed by atoms with van der Waals surface area (Å²) in [6.07, 6.45) is -0.456. The van der Waals surface area contributed by atoms with Crippen LogP contribution in [0.4, 0.5) is 4.39 Å². The van der Waals surface area contributed by atoms with Crippen LogP contribution >= 0.6 is 31.9 Å². The largest absolute Gasteiger partial charge is 0.388 e. The quantitative estimate of drug-likeness (QED) is 0.791. The van der Waals surface area contributed by atoms with Gasteiger partial charge >= 0.3 is 0 Å². The molecule has 0 radical (unpaired) electrons. The topological polar surface area (TPSA) is 20.2 Å². The molecule has 0 saturated heterocycles. The van der Waals surface area contributed by atoms with Crippen LogP contribution in [0, 0.1) is 12.7 Å². The molecule has 0 saturated carbocycles. The van der Waals surface area contributed by atoms with Crippen molar-refractivity contribution in [2.45, 2.75) is 19.4 Å². The van der Waals surface area contributed by atoms with Crippen molar-refractivity contribution in [3.8, 4) is 0 Å². The van der Waals surface area contributed by atoms with E-state index >= 15 is 0 Å². The second-order valence-corrected chi connectivity index (χ2v) is 6.23. The van der Waals surface area contributed by atoms with Gasteiger partial charge in [-0.3, -0.25) is 0 Å². The van der Waals surface area contributed by atoms with Crippen LogP contribution in [0.1, 0.15) is 22.8 Å². The number of hydrogen-bond donors (Lipinski definition) is 1. The summed E-state index contributed by atoms with van der Waals surface area (Å²) in [4.78, 5) is 0. The van der Waals surface area contributed by atoms with Gasteiger partial charge in [-0.15, -0.1) is 0 Å². The van der Waals surface area contributed by atoms with E-state index in [2.05, 4.69) is 31.9 Å². The highest BCUT2D eigenvalue weighted by atomic mass is 79.9. The average Bonchev–Trinajstić information content (AvgIpc) is 2.37. The predicted octanol–water partition coefficient (Wildman–Crippen LogP) is 4.94. The van der Waals surface area contributed by atoms with Gasteiger partial charge in [-0.25, -0.2) is 4.39 Å². The smallest absolute Gasteiger partial charge is 0.126 e. The van der Waals surface area contributed by atoms with E-state index in [4.69, 9.17) is 0 Å². The Morgan fingerprint density at radius 1 is 1.16 bits per heavy atom. The maximum absolute atomic E-state index is 13.6. The van der Waals surface area contributed by atoms with Crippen molar-refractivity contribution in [3.63, 3.8) is 0 Å². The van der Waals surface area contributed by atoms with Crippen LogP contribution in [0.3, 0.4) is 0 Å². The van der Waals surface area contributed by atoms with Gasteiger partial charge < -0.3 is 5.11 Å². The van der Waals surface area contributed by atoms with E-state index in [1.54, 1.807) is 12.1 Å². The number of benzene rings is 2. The van der Waals surface area contributed by atoms with Gasteiger partial charge in [0.1, 0.15) is 5.82 Å². The van der Waals surface area contributed by atoms with Crippen molar-refractivity contribution >= 4 is 31.9 Å². The first-order valence-corrected chi connectivity index (χ1v) is 7.44. The zero-order valence-corrected chi connectivity index (χ0v) is 13.5. The molecule has 1 unspecified atom stereocenters. The molecule has 0 heterocycles. The second-order valence-electron chi connectivity index (χ2n) is 4.46. The molecule has 0 fully saturated rings. The first-order valence-electron chi connectivity index (χ1n) is 5.85. The molecule has 0 aliphatic carbocycles. The standard InChI is InChI=1S/C15H13Br2FO/c1-9-6-10(2-4-13(9)17)15(19)8-11-7-12(16)3-5-14(11)18/h2-7,15,19H,8H2,1H3. The molecule has 2 rings (SSSR count). The Morgan fingerprint density at radius 3 is 2.58 bits per heavy atom. The monoisotopic (exact) mass is 386 g/mol. The van der Waals surface area contributed by atoms with Gasteiger partial charge in [0.2, 0.25) is 0 Å². The lowest BCUT2D eigenvalue weighted by Crippen LogP contribution is -2.04. The van der Waals surface area contributed by atoms with Gasteiger partial charge in [0.05, 0.1) is 6.10 Å². The molecule has 2 aromatic rings. The van der Waals surface area contributed by atoms with Crippen molar-refractivity contribution in [1.29, 1.82) is 0 Å². The third-order valence-electron chi connectivity index (χ3n) is 2.99. The van der Waals surface area contributed by atoms with Crippen LogP contribution < -0.4 is 0 Å². The summed E-state index contributed by atoms with van der Waals surface area (Å²) in [5.74, 6) is -0.295. The van der Waals surface area contributed by atoms with Crippen LogP contribution in [-0.2, 0) is 6.42 Å². The Kier molecular flexibility index (Phi) is 4.76. The summed E-state index contributed by atoms with van der Waals surface area (Å²) in [7, 11) is 0. The second kappa shape index (κ2) is 6.16. The summed E-state index contributed by atoms with van der Waals surface area (Å²) in [5, 5.41) is 10.2. The number of aryl methyl sites for hydroxylation is 1. The summed E-state index contributed by atoms with van der Waals surface area (Å²) >= 11 is 6.73. The lowest BCUT2D eigenvalue weighted by molar-refractivity contribution is 0.177. The van der Waals surface area contributed by atoms with Gasteiger partial charge in [-0.2, -0.15) is 0 Å². The van der Waals surface area contributed by atoms with Crippen molar-refractivity contribution in [1.82, 2.24) is 0 Å². The number of hydrogen-bond acceptors (Lipinski definition) is 1. The normalized spacial score (nSPS) is 12.5. The van der Waals surface area contributed by atoms with E-state index in [1.807, 2.05) is 25.1 Å². The van der Waals surface area contributed by atoms with Crippen LogP contribution in [0.2, 0.25) is 0 Å². The fourth-order valence-electron chi connectivity index (χ4n) is 1.90. The summed E-state index contributed by atoms with van der Waals surface area (Å²) in [6, 6.07) is 10.4. The van der Waals surface area contributed by atoms with Crippen LogP contribution in [0.25, 0.3) is 0 Å². The molecule has 19 heavy (non-hydrogen) atoms. The Balaban J connectivity index is 2.22. The summed E-state index contributed by atoms with van der Waals surface area (Å²) < 4.78 is 15.5. The minimum absolute atomic E-state index is 0.256. The molecule has 0 aliphatic rings. The molecule has 1 atom stereocenters. The molecule has 1 N–H and O–H groups in total. The predicted molar refractivity (Wildman–Crippen MR) is 81.6 cm³/mol. The van der Waals surface area contributed by atoms with E-state index in [1.165, 1.54) is 6.07 Å². The molecule has 0 aliphatic heterocycles. The highest BCUT2D eigenvalue weighted by molar-refractivity contribution is 9.10. The Hall–Kier alpha value is -0.710. The maximum atomic E-state index is 13.6. The van der Waals surface area contributed by atoms with Gasteiger partial charge in [-0.1, -0.05) is 44.0 Å². The number of aliphatic hydroxyl groups is 1. The lowest BCUT2D eigenvalue weighted by atomic mass is 10.00. The van der Waals surface area contributed by atoms with Crippen LogP contribution in [0.5, 0.6) is 0 Å². The van der Waals surface area contributed by atoms with E-state index < -0.39 is 6.10 Å². The van der Waals surface area contributed by atoms with Gasteiger partial charge in [0.25, 0.3) is 0 Å². The molecule has 100 valence electrons. The zero-order valence-electron chi connectivity index (χ0n) is 10.3. The van der Waals surface area contributed by atoms with Crippen molar-refractivity contribution < 1.29 is 9.50 Å². The first kappa shape index (κ1) is 14.7. The molecule has 1 nitrogen and oxygen atoms in total. The van der Waals surface area contributed by atoms with Gasteiger partial charge in [0.15, 0.2) is 0 Å². The fraction of sp³-hybridized carbons (Fsp3) is 0.200. The molecule has 4 heteroatoms. The highest BCUT2D eigenvalue weighted by Gasteiger charge is 2.13. The highest BCUT2D eigenvalue weighted by Crippen LogP contribution is 2.25. The summed E-state index contributed by atoms with van der Waals surface area (Å²) in [6.45, 7) is 1.96. The molecule has 0 bridgehead atoms. The zero-order chi connectivity index (χ0) is 14.0. The molecule has 2 aromatic carbocycles. The molecular weight excluding hydrogens is 375 g/mol. The maximum Gasteiger partial charge on any atom is 0.126 e. The Morgan fingerprint density at radius 2 is 1.89 bits per heavy atom. The number of halogens is 3. The minimum atomic E-state index is -0.712. The van der Waals surface area contributed by atoms with Crippen molar-refractivity contribution in [2.75, 3.05) is 0 Å². The third-order valence-corrected chi connectivity index (χ3v) is 4.37. The van der Waals surface area contributed by atoms with E-state index in [0.717, 1.165) is 20.1 Å². The summed E-state index contributed by atoms with van der Waals surface area (Å²) in [5.41, 5.74) is 2.34. The Labute approximate surface area is 128 Å². The first-order chi connectivity index (χ1) is 8.97. The van der Waals surface area contributed by atoms with Crippen LogP contribution in [0.15, 0.2) is 45.3 Å². The van der Waals surface area contributed by atoms with E-state index in [9.17, 15) is 9.50 Å². The number of aliphatic hydroxyl groups excluding tert-OH is 1. The van der Waals surface area contributed by atoms with Gasteiger partial charge in [-0.05, 0) is 47.9 Å². The number of rotatable bonds is 3. The third kappa shape index (κ3) is 3.65. The van der Waals surface area contributed by atoms with E-state index in [0.29, 0.717) is 5.56 Å². The molecule has 0 amide bonds. The lowest BCUT2D eigenvalue weighted by Gasteiger charge is -2.13. The Bertz CT molecular complexity index is 599. The fourth-order valence-corrected chi connectivity index (χ4v) is 2.56. The molecule has 0 spiro atoms.